The quantitative estimate of drug-likeness (QED) is 0.682. The summed E-state index contributed by atoms with van der Waals surface area (Å²) < 4.78 is 1.73. The zero-order chi connectivity index (χ0) is 20.1. The van der Waals surface area contributed by atoms with Crippen LogP contribution in [0.2, 0.25) is 0 Å². The van der Waals surface area contributed by atoms with Gasteiger partial charge in [0.05, 0.1) is 12.2 Å². The number of nitrogens with one attached hydrogen (secondary N) is 2. The Morgan fingerprint density at radius 2 is 2.00 bits per heavy atom. The van der Waals surface area contributed by atoms with Crippen molar-refractivity contribution in [2.45, 2.75) is 45.2 Å². The molecule has 1 aliphatic heterocycles. The monoisotopic (exact) mass is 383 g/mol. The highest BCUT2D eigenvalue weighted by Crippen LogP contribution is 2.24. The summed E-state index contributed by atoms with van der Waals surface area (Å²) in [6, 6.07) is 8.06. The van der Waals surface area contributed by atoms with Crippen molar-refractivity contribution >= 4 is 23.5 Å². The van der Waals surface area contributed by atoms with E-state index in [0.717, 1.165) is 10.5 Å². The summed E-state index contributed by atoms with van der Waals surface area (Å²) in [4.78, 5) is 38.0. The minimum absolute atomic E-state index is 0.158. The molecule has 2 N–H and O–H groups in total. The van der Waals surface area contributed by atoms with Gasteiger partial charge in [0.2, 0.25) is 5.91 Å². The first kappa shape index (κ1) is 19.6. The van der Waals surface area contributed by atoms with E-state index in [1.165, 1.54) is 0 Å². The van der Waals surface area contributed by atoms with E-state index in [4.69, 9.17) is 0 Å². The van der Waals surface area contributed by atoms with Crippen LogP contribution in [0.3, 0.4) is 0 Å². The summed E-state index contributed by atoms with van der Waals surface area (Å²) in [5.41, 5.74) is 1.68. The van der Waals surface area contributed by atoms with Crippen LogP contribution in [0.25, 0.3) is 0 Å². The highest BCUT2D eigenvalue weighted by Gasteiger charge is 2.38. The van der Waals surface area contributed by atoms with Gasteiger partial charge in [0.1, 0.15) is 6.04 Å². The second kappa shape index (κ2) is 8.69. The number of carbonyl (C=O) groups is 3. The Hall–Kier alpha value is -3.16. The minimum Gasteiger partial charge on any atom is -0.354 e. The third-order valence-corrected chi connectivity index (χ3v) is 4.72. The first-order chi connectivity index (χ1) is 13.5. The fraction of sp³-hybridized carbons (Fsp3) is 0.400. The van der Waals surface area contributed by atoms with E-state index in [1.807, 2.05) is 24.4 Å². The fourth-order valence-corrected chi connectivity index (χ4v) is 3.09. The van der Waals surface area contributed by atoms with E-state index in [0.29, 0.717) is 24.7 Å². The van der Waals surface area contributed by atoms with Gasteiger partial charge in [0.25, 0.3) is 5.91 Å². The minimum atomic E-state index is -0.686. The van der Waals surface area contributed by atoms with Crippen LogP contribution in [0.4, 0.5) is 10.5 Å². The highest BCUT2D eigenvalue weighted by molar-refractivity contribution is 6.21. The van der Waals surface area contributed by atoms with Crippen LogP contribution >= 0.6 is 0 Å². The molecule has 1 saturated heterocycles. The maximum Gasteiger partial charge on any atom is 0.329 e. The third-order valence-electron chi connectivity index (χ3n) is 4.72. The van der Waals surface area contributed by atoms with E-state index >= 15 is 0 Å². The molecule has 1 atom stereocenters. The number of amides is 4. The van der Waals surface area contributed by atoms with Crippen LogP contribution in [-0.4, -0.2) is 40.2 Å². The van der Waals surface area contributed by atoms with Crippen molar-refractivity contribution in [1.29, 1.82) is 0 Å². The molecule has 1 aliphatic rings. The average molecular weight is 383 g/mol. The summed E-state index contributed by atoms with van der Waals surface area (Å²) >= 11 is 0. The van der Waals surface area contributed by atoms with Crippen molar-refractivity contribution in [1.82, 2.24) is 20.4 Å². The predicted octanol–water partition coefficient (Wildman–Crippen LogP) is 2.03. The molecule has 1 aromatic carbocycles. The number of hydrogen-bond donors (Lipinski definition) is 2. The van der Waals surface area contributed by atoms with E-state index in [-0.39, 0.29) is 24.7 Å². The normalized spacial score (nSPS) is 16.5. The van der Waals surface area contributed by atoms with Gasteiger partial charge in [-0.3, -0.25) is 14.3 Å². The van der Waals surface area contributed by atoms with Crippen molar-refractivity contribution in [2.75, 3.05) is 11.4 Å². The summed E-state index contributed by atoms with van der Waals surface area (Å²) in [7, 11) is 0. The lowest BCUT2D eigenvalue weighted by Crippen LogP contribution is -2.33. The fourth-order valence-electron chi connectivity index (χ4n) is 3.09. The van der Waals surface area contributed by atoms with Crippen molar-refractivity contribution in [3.63, 3.8) is 0 Å². The standard InChI is InChI=1S/C20H25N5O3/c1-14(2)15-4-6-16(7-5-15)25-19(27)17(23-20(25)28)8-9-18(26)21-11-13-24-12-3-10-22-24/h3-7,10,12,14,17H,8-9,11,13H2,1-2H3,(H,21,26)(H,23,28)/t17-/m0/s1. The molecule has 148 valence electrons. The molecule has 2 aromatic rings. The lowest BCUT2D eigenvalue weighted by atomic mass is 10.0. The van der Waals surface area contributed by atoms with Crippen molar-refractivity contribution in [2.24, 2.45) is 0 Å². The van der Waals surface area contributed by atoms with Gasteiger partial charge in [0, 0.05) is 25.4 Å². The summed E-state index contributed by atoms with van der Waals surface area (Å²) in [5.74, 6) is -0.114. The van der Waals surface area contributed by atoms with Gasteiger partial charge in [-0.15, -0.1) is 0 Å². The number of hydrogen-bond acceptors (Lipinski definition) is 4. The Balaban J connectivity index is 1.49. The second-order valence-corrected chi connectivity index (χ2v) is 7.08. The molecule has 0 spiro atoms. The number of imide groups is 1. The Bertz CT molecular complexity index is 830. The molecular weight excluding hydrogens is 358 g/mol. The molecule has 8 nitrogen and oxygen atoms in total. The molecule has 0 unspecified atom stereocenters. The van der Waals surface area contributed by atoms with Crippen LogP contribution < -0.4 is 15.5 Å². The molecular formula is C20H25N5O3. The van der Waals surface area contributed by atoms with Gasteiger partial charge in [-0.2, -0.15) is 5.10 Å². The van der Waals surface area contributed by atoms with E-state index in [1.54, 1.807) is 23.0 Å². The molecule has 1 fully saturated rings. The number of benzene rings is 1. The maximum atomic E-state index is 12.6. The summed E-state index contributed by atoms with van der Waals surface area (Å²) in [5, 5.41) is 9.52. The van der Waals surface area contributed by atoms with Gasteiger partial charge >= 0.3 is 6.03 Å². The predicted molar refractivity (Wildman–Crippen MR) is 105 cm³/mol. The number of aromatic nitrogens is 2. The molecule has 8 heteroatoms. The van der Waals surface area contributed by atoms with Gasteiger partial charge in [0.15, 0.2) is 0 Å². The van der Waals surface area contributed by atoms with Crippen LogP contribution in [0.5, 0.6) is 0 Å². The molecule has 0 bridgehead atoms. The van der Waals surface area contributed by atoms with E-state index in [9.17, 15) is 14.4 Å². The molecule has 0 radical (unpaired) electrons. The van der Waals surface area contributed by atoms with Gasteiger partial charge < -0.3 is 10.6 Å². The van der Waals surface area contributed by atoms with Gasteiger partial charge in [-0.1, -0.05) is 26.0 Å². The Kier molecular flexibility index (Phi) is 6.08. The molecule has 1 aromatic heterocycles. The second-order valence-electron chi connectivity index (χ2n) is 7.08. The lowest BCUT2D eigenvalue weighted by molar-refractivity contribution is -0.121. The largest absolute Gasteiger partial charge is 0.354 e. The zero-order valence-electron chi connectivity index (χ0n) is 16.1. The van der Waals surface area contributed by atoms with Crippen molar-refractivity contribution in [3.05, 3.63) is 48.3 Å². The van der Waals surface area contributed by atoms with Crippen molar-refractivity contribution in [3.8, 4) is 0 Å². The molecule has 3 rings (SSSR count). The van der Waals surface area contributed by atoms with Gasteiger partial charge in [-0.05, 0) is 36.1 Å². The number of nitrogens with zero attached hydrogens (tertiary/aromatic N) is 3. The lowest BCUT2D eigenvalue weighted by Gasteiger charge is -2.14. The molecule has 2 heterocycles. The van der Waals surface area contributed by atoms with Crippen LogP contribution in [0.1, 0.15) is 38.2 Å². The highest BCUT2D eigenvalue weighted by atomic mass is 16.2. The molecule has 28 heavy (non-hydrogen) atoms. The Labute approximate surface area is 163 Å². The van der Waals surface area contributed by atoms with Crippen LogP contribution in [0.15, 0.2) is 42.7 Å². The summed E-state index contributed by atoms with van der Waals surface area (Å²) in [6.45, 7) is 5.20. The van der Waals surface area contributed by atoms with Crippen molar-refractivity contribution < 1.29 is 14.4 Å². The van der Waals surface area contributed by atoms with Crippen LogP contribution in [-0.2, 0) is 16.1 Å². The van der Waals surface area contributed by atoms with E-state index < -0.39 is 12.1 Å². The SMILES string of the molecule is CC(C)c1ccc(N2C(=O)N[C@@H](CCC(=O)NCCn3cccn3)C2=O)cc1. The molecule has 4 amide bonds. The number of carbonyl (C=O) groups excluding carboxylic acids is 3. The average Bonchev–Trinajstić information content (AvgIpc) is 3.28. The van der Waals surface area contributed by atoms with Gasteiger partial charge in [-0.25, -0.2) is 9.69 Å². The topological polar surface area (TPSA) is 96.3 Å². The molecule has 0 aliphatic carbocycles. The van der Waals surface area contributed by atoms with Crippen LogP contribution in [0, 0.1) is 0 Å². The third kappa shape index (κ3) is 4.57. The van der Waals surface area contributed by atoms with E-state index in [2.05, 4.69) is 29.6 Å². The molecule has 0 saturated carbocycles. The number of urea groups is 1. The number of rotatable bonds is 8. The number of anilines is 1. The maximum absolute atomic E-state index is 12.6. The summed E-state index contributed by atoms with van der Waals surface area (Å²) in [6.07, 6.45) is 3.92. The Morgan fingerprint density at radius 3 is 2.64 bits per heavy atom. The first-order valence-corrected chi connectivity index (χ1v) is 9.44. The zero-order valence-corrected chi connectivity index (χ0v) is 16.1. The Morgan fingerprint density at radius 1 is 1.25 bits per heavy atom. The first-order valence-electron chi connectivity index (χ1n) is 9.44. The smallest absolute Gasteiger partial charge is 0.329 e.